The van der Waals surface area contributed by atoms with Crippen molar-refractivity contribution in [2.45, 2.75) is 32.4 Å². The summed E-state index contributed by atoms with van der Waals surface area (Å²) in [6.07, 6.45) is 2.44. The van der Waals surface area contributed by atoms with Crippen LogP contribution in [0.4, 0.5) is 0 Å². The van der Waals surface area contributed by atoms with Gasteiger partial charge in [0.1, 0.15) is 13.2 Å². The van der Waals surface area contributed by atoms with E-state index < -0.39 is 0 Å². The Hall–Kier alpha value is -1.66. The minimum atomic E-state index is 0.371. The summed E-state index contributed by atoms with van der Waals surface area (Å²) in [5.74, 6) is 2.25. The Balaban J connectivity index is 1.58. The minimum absolute atomic E-state index is 0.371. The molecule has 2 heterocycles. The molecule has 0 unspecified atom stereocenters. The molecule has 1 saturated heterocycles. The molecule has 25 heavy (non-hydrogen) atoms. The molecule has 0 saturated carbocycles. The average Bonchev–Trinajstić information content (AvgIpc) is 2.64. The maximum atomic E-state index is 6.30. The van der Waals surface area contributed by atoms with E-state index in [0.29, 0.717) is 42.4 Å². The van der Waals surface area contributed by atoms with Crippen molar-refractivity contribution < 1.29 is 14.2 Å². The monoisotopic (exact) mass is 367 g/mol. The van der Waals surface area contributed by atoms with E-state index in [1.54, 1.807) is 0 Å². The maximum absolute atomic E-state index is 6.30. The third kappa shape index (κ3) is 4.50. The normalized spacial score (nSPS) is 18.4. The number of likely N-dealkylation sites (tertiary alicyclic amines) is 1. The molecule has 0 aliphatic carbocycles. The standard InChI is InChI=1S/C18H26ClN3O3/c1-3-23-14-4-6-22(7-5-14)18(20-2)21-12-13-10-15(19)17-16(11-13)24-8-9-25-17/h10-11,14H,3-9,12H2,1-2H3,(H,20,21). The number of fused-ring (bicyclic) bond motifs is 1. The van der Waals surface area contributed by atoms with Crippen LogP contribution >= 0.6 is 11.6 Å². The Morgan fingerprint density at radius 2 is 2.08 bits per heavy atom. The van der Waals surface area contributed by atoms with Gasteiger partial charge in [-0.25, -0.2) is 0 Å². The van der Waals surface area contributed by atoms with E-state index in [1.165, 1.54) is 0 Å². The molecule has 7 heteroatoms. The summed E-state index contributed by atoms with van der Waals surface area (Å²) < 4.78 is 16.9. The van der Waals surface area contributed by atoms with Gasteiger partial charge in [-0.3, -0.25) is 4.99 Å². The molecule has 6 nitrogen and oxygen atoms in total. The molecule has 0 atom stereocenters. The van der Waals surface area contributed by atoms with Gasteiger partial charge in [0.15, 0.2) is 17.5 Å². The summed E-state index contributed by atoms with van der Waals surface area (Å²) in [5.41, 5.74) is 1.04. The van der Waals surface area contributed by atoms with Crippen molar-refractivity contribution in [3.63, 3.8) is 0 Å². The Morgan fingerprint density at radius 3 is 2.80 bits per heavy atom. The van der Waals surface area contributed by atoms with E-state index in [4.69, 9.17) is 25.8 Å². The van der Waals surface area contributed by atoms with Crippen LogP contribution in [0.5, 0.6) is 11.5 Å². The number of guanidine groups is 1. The first kappa shape index (κ1) is 18.1. The van der Waals surface area contributed by atoms with Crippen LogP contribution in [0.25, 0.3) is 0 Å². The van der Waals surface area contributed by atoms with Gasteiger partial charge in [-0.2, -0.15) is 0 Å². The number of nitrogens with one attached hydrogen (secondary N) is 1. The van der Waals surface area contributed by atoms with Crippen molar-refractivity contribution in [1.29, 1.82) is 0 Å². The lowest BCUT2D eigenvalue weighted by molar-refractivity contribution is 0.0263. The lowest BCUT2D eigenvalue weighted by Gasteiger charge is -2.34. The molecule has 0 bridgehead atoms. The van der Waals surface area contributed by atoms with Gasteiger partial charge in [0, 0.05) is 33.3 Å². The number of hydrogen-bond donors (Lipinski definition) is 1. The van der Waals surface area contributed by atoms with Crippen LogP contribution in [0.15, 0.2) is 17.1 Å². The predicted octanol–water partition coefficient (Wildman–Crippen LogP) is 2.69. The van der Waals surface area contributed by atoms with Crippen LogP contribution in [0, 0.1) is 0 Å². The molecule has 0 aromatic heterocycles. The fourth-order valence-corrected chi connectivity index (χ4v) is 3.54. The van der Waals surface area contributed by atoms with Gasteiger partial charge in [-0.05, 0) is 37.5 Å². The average molecular weight is 368 g/mol. The predicted molar refractivity (Wildman–Crippen MR) is 98.9 cm³/mol. The summed E-state index contributed by atoms with van der Waals surface area (Å²) in [6.45, 7) is 6.45. The molecular formula is C18H26ClN3O3. The van der Waals surface area contributed by atoms with Crippen molar-refractivity contribution in [3.8, 4) is 11.5 Å². The molecule has 0 spiro atoms. The van der Waals surface area contributed by atoms with Gasteiger partial charge in [0.05, 0.1) is 11.1 Å². The number of benzene rings is 1. The first-order valence-electron chi connectivity index (χ1n) is 8.86. The van der Waals surface area contributed by atoms with E-state index in [9.17, 15) is 0 Å². The van der Waals surface area contributed by atoms with Crippen LogP contribution in [0.1, 0.15) is 25.3 Å². The third-order valence-corrected chi connectivity index (χ3v) is 4.74. The number of ether oxygens (including phenoxy) is 3. The van der Waals surface area contributed by atoms with Crippen molar-refractivity contribution in [2.24, 2.45) is 4.99 Å². The van der Waals surface area contributed by atoms with Gasteiger partial charge in [0.2, 0.25) is 0 Å². The van der Waals surface area contributed by atoms with E-state index in [1.807, 2.05) is 26.1 Å². The van der Waals surface area contributed by atoms with Gasteiger partial charge >= 0.3 is 0 Å². The molecule has 0 amide bonds. The number of rotatable bonds is 4. The van der Waals surface area contributed by atoms with Gasteiger partial charge in [0.25, 0.3) is 0 Å². The van der Waals surface area contributed by atoms with Crippen molar-refractivity contribution in [3.05, 3.63) is 22.7 Å². The summed E-state index contributed by atoms with van der Waals surface area (Å²) >= 11 is 6.30. The van der Waals surface area contributed by atoms with E-state index in [0.717, 1.165) is 44.1 Å². The quantitative estimate of drug-likeness (QED) is 0.655. The Bertz CT molecular complexity index is 616. The van der Waals surface area contributed by atoms with Gasteiger partial charge in [-0.15, -0.1) is 0 Å². The van der Waals surface area contributed by atoms with Crippen LogP contribution in [0.2, 0.25) is 5.02 Å². The highest BCUT2D eigenvalue weighted by Crippen LogP contribution is 2.38. The van der Waals surface area contributed by atoms with Crippen LogP contribution in [-0.4, -0.2) is 56.9 Å². The van der Waals surface area contributed by atoms with E-state index in [2.05, 4.69) is 15.2 Å². The zero-order valence-corrected chi connectivity index (χ0v) is 15.6. The summed E-state index contributed by atoms with van der Waals surface area (Å²) in [5, 5.41) is 4.00. The summed E-state index contributed by atoms with van der Waals surface area (Å²) in [4.78, 5) is 6.68. The van der Waals surface area contributed by atoms with Gasteiger partial charge < -0.3 is 24.4 Å². The molecule has 2 aliphatic heterocycles. The second-order valence-electron chi connectivity index (χ2n) is 6.14. The second-order valence-corrected chi connectivity index (χ2v) is 6.55. The van der Waals surface area contributed by atoms with Crippen LogP contribution in [-0.2, 0) is 11.3 Å². The molecule has 138 valence electrons. The van der Waals surface area contributed by atoms with Gasteiger partial charge in [-0.1, -0.05) is 11.6 Å². The molecule has 1 aromatic carbocycles. The lowest BCUT2D eigenvalue weighted by atomic mass is 10.1. The van der Waals surface area contributed by atoms with Crippen molar-refractivity contribution >= 4 is 17.6 Å². The third-order valence-electron chi connectivity index (χ3n) is 4.46. The highest BCUT2D eigenvalue weighted by Gasteiger charge is 2.22. The Morgan fingerprint density at radius 1 is 1.32 bits per heavy atom. The van der Waals surface area contributed by atoms with Crippen molar-refractivity contribution in [1.82, 2.24) is 10.2 Å². The number of nitrogens with zero attached hydrogens (tertiary/aromatic N) is 2. The molecule has 3 rings (SSSR count). The molecule has 0 radical (unpaired) electrons. The van der Waals surface area contributed by atoms with Crippen LogP contribution in [0.3, 0.4) is 0 Å². The lowest BCUT2D eigenvalue weighted by Crippen LogP contribution is -2.46. The topological polar surface area (TPSA) is 55.3 Å². The number of hydrogen-bond acceptors (Lipinski definition) is 4. The zero-order valence-electron chi connectivity index (χ0n) is 14.9. The highest BCUT2D eigenvalue weighted by atomic mass is 35.5. The van der Waals surface area contributed by atoms with Crippen LogP contribution < -0.4 is 14.8 Å². The highest BCUT2D eigenvalue weighted by molar-refractivity contribution is 6.32. The van der Waals surface area contributed by atoms with Crippen molar-refractivity contribution in [2.75, 3.05) is 40.0 Å². The first-order valence-corrected chi connectivity index (χ1v) is 9.24. The Labute approximate surface area is 154 Å². The molecule has 1 fully saturated rings. The smallest absolute Gasteiger partial charge is 0.193 e. The number of halogens is 1. The first-order chi connectivity index (χ1) is 12.2. The fourth-order valence-electron chi connectivity index (χ4n) is 3.25. The zero-order chi connectivity index (χ0) is 17.6. The number of piperidine rings is 1. The SMILES string of the molecule is CCOC1CCN(C(=NC)NCc2cc(Cl)c3c(c2)OCCO3)CC1. The second kappa shape index (κ2) is 8.63. The minimum Gasteiger partial charge on any atom is -0.486 e. The number of aliphatic imine (C=N–C) groups is 1. The molecule has 1 aromatic rings. The largest absolute Gasteiger partial charge is 0.486 e. The van der Waals surface area contributed by atoms with E-state index >= 15 is 0 Å². The summed E-state index contributed by atoms with van der Waals surface area (Å²) in [6, 6.07) is 3.89. The molecule has 2 aliphatic rings. The summed E-state index contributed by atoms with van der Waals surface area (Å²) in [7, 11) is 1.81. The molecule has 1 N–H and O–H groups in total. The molecular weight excluding hydrogens is 342 g/mol. The fraction of sp³-hybridized carbons (Fsp3) is 0.611. The van der Waals surface area contributed by atoms with E-state index in [-0.39, 0.29) is 0 Å². The Kier molecular flexibility index (Phi) is 6.26. The maximum Gasteiger partial charge on any atom is 0.193 e.